The number of ether oxygens (including phenoxy) is 1. The molecule has 0 unspecified atom stereocenters. The number of carbonyl (C=O) groups is 1. The van der Waals surface area contributed by atoms with Gasteiger partial charge in [0.1, 0.15) is 0 Å². The first-order valence-electron chi connectivity index (χ1n) is 4.34. The van der Waals surface area contributed by atoms with E-state index >= 15 is 0 Å². The molecule has 4 heteroatoms. The average Bonchev–Trinajstić information content (AvgIpc) is 2.95. The maximum absolute atomic E-state index is 13.3. The van der Waals surface area contributed by atoms with Gasteiger partial charge in [0.15, 0.2) is 11.6 Å². The van der Waals surface area contributed by atoms with Gasteiger partial charge < -0.3 is 4.74 Å². The zero-order valence-electron chi connectivity index (χ0n) is 7.30. The Labute approximate surface area is 89.2 Å². The molecular weight excluding hydrogens is 251 g/mol. The zero-order chi connectivity index (χ0) is 10.1. The van der Waals surface area contributed by atoms with Crippen LogP contribution < -0.4 is 4.74 Å². The summed E-state index contributed by atoms with van der Waals surface area (Å²) < 4.78 is 18.5. The average molecular weight is 259 g/mol. The van der Waals surface area contributed by atoms with E-state index < -0.39 is 5.82 Å². The van der Waals surface area contributed by atoms with Crippen molar-refractivity contribution in [1.29, 1.82) is 0 Å². The van der Waals surface area contributed by atoms with Crippen molar-refractivity contribution < 1.29 is 13.9 Å². The molecule has 1 aromatic carbocycles. The molecule has 1 aliphatic rings. The lowest BCUT2D eigenvalue weighted by Gasteiger charge is -2.04. The van der Waals surface area contributed by atoms with Gasteiger partial charge >= 0.3 is 5.97 Å². The van der Waals surface area contributed by atoms with E-state index in [0.29, 0.717) is 4.47 Å². The van der Waals surface area contributed by atoms with Crippen molar-refractivity contribution in [3.05, 3.63) is 28.5 Å². The largest absolute Gasteiger partial charge is 0.423 e. The van der Waals surface area contributed by atoms with Crippen LogP contribution >= 0.6 is 15.9 Å². The third-order valence-electron chi connectivity index (χ3n) is 2.04. The second kappa shape index (κ2) is 3.69. The molecule has 1 saturated carbocycles. The van der Waals surface area contributed by atoms with Gasteiger partial charge in [-0.2, -0.15) is 0 Å². The lowest BCUT2D eigenvalue weighted by atomic mass is 10.3. The summed E-state index contributed by atoms with van der Waals surface area (Å²) in [6, 6.07) is 4.63. The van der Waals surface area contributed by atoms with E-state index in [2.05, 4.69) is 15.9 Å². The smallest absolute Gasteiger partial charge is 0.314 e. The molecule has 0 spiro atoms. The Hall–Kier alpha value is -0.900. The second-order valence-electron chi connectivity index (χ2n) is 3.25. The molecule has 0 atom stereocenters. The van der Waals surface area contributed by atoms with Crippen LogP contribution in [0.25, 0.3) is 0 Å². The van der Waals surface area contributed by atoms with Crippen LogP contribution in [-0.2, 0) is 4.79 Å². The van der Waals surface area contributed by atoms with Crippen LogP contribution in [0, 0.1) is 11.7 Å². The number of benzene rings is 1. The van der Waals surface area contributed by atoms with Gasteiger partial charge in [-0.3, -0.25) is 4.79 Å². The fourth-order valence-corrected chi connectivity index (χ4v) is 1.42. The van der Waals surface area contributed by atoms with Crippen LogP contribution in [0.3, 0.4) is 0 Å². The van der Waals surface area contributed by atoms with Gasteiger partial charge in [0, 0.05) is 0 Å². The molecule has 14 heavy (non-hydrogen) atoms. The maximum atomic E-state index is 13.3. The standard InChI is InChI=1S/C10H8BrFO2/c11-7-2-1-3-8(9(7)12)14-10(13)6-4-5-6/h1-3,6H,4-5H2. The lowest BCUT2D eigenvalue weighted by molar-refractivity contribution is -0.136. The summed E-state index contributed by atoms with van der Waals surface area (Å²) in [6.45, 7) is 0. The van der Waals surface area contributed by atoms with E-state index in [1.165, 1.54) is 6.07 Å². The van der Waals surface area contributed by atoms with E-state index in [-0.39, 0.29) is 17.6 Å². The Balaban J connectivity index is 2.15. The second-order valence-corrected chi connectivity index (χ2v) is 4.10. The van der Waals surface area contributed by atoms with Crippen LogP contribution in [0.1, 0.15) is 12.8 Å². The minimum Gasteiger partial charge on any atom is -0.423 e. The molecule has 0 aromatic heterocycles. The summed E-state index contributed by atoms with van der Waals surface area (Å²) >= 11 is 3.02. The van der Waals surface area contributed by atoms with Crippen molar-refractivity contribution in [2.75, 3.05) is 0 Å². The Morgan fingerprint density at radius 1 is 1.50 bits per heavy atom. The SMILES string of the molecule is O=C(Oc1cccc(Br)c1F)C1CC1. The van der Waals surface area contributed by atoms with E-state index in [4.69, 9.17) is 4.74 Å². The van der Waals surface area contributed by atoms with Crippen LogP contribution in [0.15, 0.2) is 22.7 Å². The van der Waals surface area contributed by atoms with Crippen LogP contribution in [0.5, 0.6) is 5.75 Å². The van der Waals surface area contributed by atoms with E-state index in [1.54, 1.807) is 12.1 Å². The highest BCUT2D eigenvalue weighted by molar-refractivity contribution is 9.10. The molecular formula is C10H8BrFO2. The topological polar surface area (TPSA) is 26.3 Å². The number of halogens is 2. The van der Waals surface area contributed by atoms with Gasteiger partial charge in [0.2, 0.25) is 0 Å². The number of hydrogen-bond donors (Lipinski definition) is 0. The van der Waals surface area contributed by atoms with Gasteiger partial charge in [0.05, 0.1) is 10.4 Å². The molecule has 1 aromatic rings. The first kappa shape index (κ1) is 9.65. The molecule has 0 aliphatic heterocycles. The number of hydrogen-bond acceptors (Lipinski definition) is 2. The molecule has 0 radical (unpaired) electrons. The molecule has 2 rings (SSSR count). The maximum Gasteiger partial charge on any atom is 0.314 e. The van der Waals surface area contributed by atoms with Crippen molar-refractivity contribution in [3.63, 3.8) is 0 Å². The fourth-order valence-electron chi connectivity index (χ4n) is 1.07. The third-order valence-corrected chi connectivity index (χ3v) is 2.65. The highest BCUT2D eigenvalue weighted by atomic mass is 79.9. The molecule has 74 valence electrons. The number of rotatable bonds is 2. The van der Waals surface area contributed by atoms with Crippen molar-refractivity contribution in [2.45, 2.75) is 12.8 Å². The molecule has 1 aliphatic carbocycles. The van der Waals surface area contributed by atoms with Gasteiger partial charge in [-0.1, -0.05) is 6.07 Å². The summed E-state index contributed by atoms with van der Waals surface area (Å²) in [6.07, 6.45) is 1.71. The Morgan fingerprint density at radius 3 is 2.86 bits per heavy atom. The zero-order valence-corrected chi connectivity index (χ0v) is 8.88. The first-order chi connectivity index (χ1) is 6.68. The van der Waals surface area contributed by atoms with E-state index in [1.807, 2.05) is 0 Å². The first-order valence-corrected chi connectivity index (χ1v) is 5.13. The van der Waals surface area contributed by atoms with Crippen molar-refractivity contribution >= 4 is 21.9 Å². The predicted molar refractivity (Wildman–Crippen MR) is 52.5 cm³/mol. The van der Waals surface area contributed by atoms with Crippen molar-refractivity contribution in [2.24, 2.45) is 5.92 Å². The van der Waals surface area contributed by atoms with Crippen LogP contribution in [-0.4, -0.2) is 5.97 Å². The highest BCUT2D eigenvalue weighted by Crippen LogP contribution is 2.32. The van der Waals surface area contributed by atoms with Crippen LogP contribution in [0.2, 0.25) is 0 Å². The molecule has 0 heterocycles. The van der Waals surface area contributed by atoms with E-state index in [9.17, 15) is 9.18 Å². The number of carbonyl (C=O) groups excluding carboxylic acids is 1. The molecule has 0 amide bonds. The molecule has 0 N–H and O–H groups in total. The lowest BCUT2D eigenvalue weighted by Crippen LogP contribution is -2.10. The summed E-state index contributed by atoms with van der Waals surface area (Å²) in [5.74, 6) is -0.881. The summed E-state index contributed by atoms with van der Waals surface area (Å²) in [7, 11) is 0. The van der Waals surface area contributed by atoms with Gasteiger partial charge in [0.25, 0.3) is 0 Å². The normalized spacial score (nSPS) is 15.3. The van der Waals surface area contributed by atoms with Gasteiger partial charge in [-0.15, -0.1) is 0 Å². The summed E-state index contributed by atoms with van der Waals surface area (Å²) in [5.41, 5.74) is 0. The molecule has 0 saturated heterocycles. The van der Waals surface area contributed by atoms with Crippen molar-refractivity contribution in [1.82, 2.24) is 0 Å². The minimum atomic E-state index is -0.526. The molecule has 0 bridgehead atoms. The quantitative estimate of drug-likeness (QED) is 0.603. The number of esters is 1. The van der Waals surface area contributed by atoms with Crippen molar-refractivity contribution in [3.8, 4) is 5.75 Å². The Kier molecular flexibility index (Phi) is 2.54. The summed E-state index contributed by atoms with van der Waals surface area (Å²) in [5, 5.41) is 0. The van der Waals surface area contributed by atoms with E-state index in [0.717, 1.165) is 12.8 Å². The molecule has 1 fully saturated rings. The van der Waals surface area contributed by atoms with Crippen LogP contribution in [0.4, 0.5) is 4.39 Å². The fraction of sp³-hybridized carbons (Fsp3) is 0.300. The predicted octanol–water partition coefficient (Wildman–Crippen LogP) is 2.90. The Morgan fingerprint density at radius 2 is 2.21 bits per heavy atom. The Bertz CT molecular complexity index is 374. The minimum absolute atomic E-state index is 0.00345. The van der Waals surface area contributed by atoms with Gasteiger partial charge in [-0.05, 0) is 40.9 Å². The summed E-state index contributed by atoms with van der Waals surface area (Å²) in [4.78, 5) is 11.2. The highest BCUT2D eigenvalue weighted by Gasteiger charge is 2.32. The van der Waals surface area contributed by atoms with Gasteiger partial charge in [-0.25, -0.2) is 4.39 Å². The molecule has 2 nitrogen and oxygen atoms in total. The third kappa shape index (κ3) is 1.95. The monoisotopic (exact) mass is 258 g/mol.